The van der Waals surface area contributed by atoms with E-state index in [0.29, 0.717) is 16.9 Å². The van der Waals surface area contributed by atoms with E-state index in [1.54, 1.807) is 26.0 Å². The van der Waals surface area contributed by atoms with Gasteiger partial charge in [0, 0.05) is 17.0 Å². The van der Waals surface area contributed by atoms with E-state index in [0.717, 1.165) is 10.9 Å². The Labute approximate surface area is 116 Å². The van der Waals surface area contributed by atoms with Crippen molar-refractivity contribution in [2.75, 3.05) is 7.11 Å². The molecule has 0 fully saturated rings. The van der Waals surface area contributed by atoms with Crippen molar-refractivity contribution < 1.29 is 18.7 Å². The minimum Gasteiger partial charge on any atom is -0.479 e. The Morgan fingerprint density at radius 1 is 1.30 bits per heavy atom. The number of benzene rings is 1. The van der Waals surface area contributed by atoms with Gasteiger partial charge in [-0.25, -0.2) is 9.59 Å². The number of ether oxygens (including phenoxy) is 2. The maximum Gasteiger partial charge on any atom is 0.346 e. The van der Waals surface area contributed by atoms with Gasteiger partial charge in [-0.2, -0.15) is 0 Å². The first-order valence-corrected chi connectivity index (χ1v) is 6.22. The van der Waals surface area contributed by atoms with Crippen LogP contribution in [-0.4, -0.2) is 19.2 Å². The molecule has 0 amide bonds. The average molecular weight is 276 g/mol. The maximum atomic E-state index is 11.5. The molecule has 0 radical (unpaired) electrons. The number of carbonyl (C=O) groups excluding carboxylic acids is 1. The molecule has 1 atom stereocenters. The third-order valence-electron chi connectivity index (χ3n) is 3.15. The third kappa shape index (κ3) is 2.52. The van der Waals surface area contributed by atoms with Gasteiger partial charge >= 0.3 is 11.6 Å². The first-order chi connectivity index (χ1) is 9.43. The predicted octanol–water partition coefficient (Wildman–Crippen LogP) is 2.35. The fourth-order valence-corrected chi connectivity index (χ4v) is 2.03. The zero-order chi connectivity index (χ0) is 14.9. The Hall–Kier alpha value is -2.30. The summed E-state index contributed by atoms with van der Waals surface area (Å²) in [6.07, 6.45) is -0.729. The fourth-order valence-electron chi connectivity index (χ4n) is 2.03. The van der Waals surface area contributed by atoms with E-state index in [-0.39, 0.29) is 0 Å². The van der Waals surface area contributed by atoms with Crippen LogP contribution in [-0.2, 0) is 9.53 Å². The highest BCUT2D eigenvalue weighted by Gasteiger charge is 2.17. The molecule has 2 aromatic rings. The maximum absolute atomic E-state index is 11.5. The first-order valence-electron chi connectivity index (χ1n) is 6.22. The molecule has 1 heterocycles. The highest BCUT2D eigenvalue weighted by Crippen LogP contribution is 2.28. The van der Waals surface area contributed by atoms with Crippen molar-refractivity contribution in [3.8, 4) is 5.75 Å². The molecule has 5 heteroatoms. The lowest BCUT2D eigenvalue weighted by Crippen LogP contribution is -2.25. The topological polar surface area (TPSA) is 65.7 Å². The van der Waals surface area contributed by atoms with E-state index < -0.39 is 17.7 Å². The van der Waals surface area contributed by atoms with Gasteiger partial charge in [0.1, 0.15) is 11.3 Å². The number of aryl methyl sites for hydroxylation is 2. The van der Waals surface area contributed by atoms with E-state index in [4.69, 9.17) is 9.15 Å². The van der Waals surface area contributed by atoms with Crippen LogP contribution in [0.1, 0.15) is 18.1 Å². The monoisotopic (exact) mass is 276 g/mol. The van der Waals surface area contributed by atoms with Gasteiger partial charge in [-0.05, 0) is 38.5 Å². The molecule has 0 N–H and O–H groups in total. The number of hydrogen-bond donors (Lipinski definition) is 0. The Morgan fingerprint density at radius 3 is 2.65 bits per heavy atom. The lowest BCUT2D eigenvalue weighted by molar-refractivity contribution is -0.147. The summed E-state index contributed by atoms with van der Waals surface area (Å²) in [5.41, 5.74) is 1.59. The van der Waals surface area contributed by atoms with E-state index in [9.17, 15) is 9.59 Å². The Kier molecular flexibility index (Phi) is 3.79. The summed E-state index contributed by atoms with van der Waals surface area (Å²) < 4.78 is 15.4. The van der Waals surface area contributed by atoms with E-state index in [1.165, 1.54) is 13.2 Å². The standard InChI is InChI=1S/C15H16O5/c1-8-7-13(16)20-14-9(2)12(6-5-11(8)14)19-10(3)15(17)18-4/h5-7,10H,1-4H3. The Bertz CT molecular complexity index is 714. The SMILES string of the molecule is COC(=O)C(C)Oc1ccc2c(C)cc(=O)oc2c1C. The molecule has 0 aliphatic carbocycles. The van der Waals surface area contributed by atoms with Gasteiger partial charge in [-0.3, -0.25) is 0 Å². The Morgan fingerprint density at radius 2 is 2.00 bits per heavy atom. The van der Waals surface area contributed by atoms with Gasteiger partial charge in [-0.15, -0.1) is 0 Å². The summed E-state index contributed by atoms with van der Waals surface area (Å²) in [6, 6.07) is 5.00. The zero-order valence-corrected chi connectivity index (χ0v) is 11.9. The number of esters is 1. The van der Waals surface area contributed by atoms with Crippen molar-refractivity contribution in [1.29, 1.82) is 0 Å². The fraction of sp³-hybridized carbons (Fsp3) is 0.333. The van der Waals surface area contributed by atoms with Gasteiger partial charge in [0.25, 0.3) is 0 Å². The molecule has 5 nitrogen and oxygen atoms in total. The molecule has 0 saturated carbocycles. The number of hydrogen-bond acceptors (Lipinski definition) is 5. The van der Waals surface area contributed by atoms with Crippen LogP contribution in [0.25, 0.3) is 11.0 Å². The molecule has 0 bridgehead atoms. The Balaban J connectivity index is 2.49. The number of methoxy groups -OCH3 is 1. The number of carbonyl (C=O) groups is 1. The van der Waals surface area contributed by atoms with Gasteiger partial charge in [0.2, 0.25) is 0 Å². The second-order valence-corrected chi connectivity index (χ2v) is 4.60. The van der Waals surface area contributed by atoms with Crippen LogP contribution in [0, 0.1) is 13.8 Å². The van der Waals surface area contributed by atoms with Gasteiger partial charge < -0.3 is 13.9 Å². The lowest BCUT2D eigenvalue weighted by atomic mass is 10.1. The van der Waals surface area contributed by atoms with Crippen molar-refractivity contribution in [3.63, 3.8) is 0 Å². The van der Waals surface area contributed by atoms with Crippen LogP contribution in [0.3, 0.4) is 0 Å². The van der Waals surface area contributed by atoms with E-state index >= 15 is 0 Å². The molecule has 0 aliphatic rings. The van der Waals surface area contributed by atoms with Crippen LogP contribution < -0.4 is 10.4 Å². The second kappa shape index (κ2) is 5.36. The highest BCUT2D eigenvalue weighted by molar-refractivity contribution is 5.85. The molecule has 1 aromatic heterocycles. The van der Waals surface area contributed by atoms with Crippen molar-refractivity contribution in [1.82, 2.24) is 0 Å². The minimum atomic E-state index is -0.729. The van der Waals surface area contributed by atoms with Crippen molar-refractivity contribution in [2.24, 2.45) is 0 Å². The van der Waals surface area contributed by atoms with Gasteiger partial charge in [0.15, 0.2) is 6.10 Å². The highest BCUT2D eigenvalue weighted by atomic mass is 16.6. The second-order valence-electron chi connectivity index (χ2n) is 4.60. The molecule has 20 heavy (non-hydrogen) atoms. The first kappa shape index (κ1) is 14.1. The molecule has 0 saturated heterocycles. The van der Waals surface area contributed by atoms with Crippen molar-refractivity contribution >= 4 is 16.9 Å². The molecule has 106 valence electrons. The molecular formula is C15H16O5. The van der Waals surface area contributed by atoms with Gasteiger partial charge in [0.05, 0.1) is 7.11 Å². The predicted molar refractivity (Wildman–Crippen MR) is 74.1 cm³/mol. The third-order valence-corrected chi connectivity index (χ3v) is 3.15. The summed E-state index contributed by atoms with van der Waals surface area (Å²) in [6.45, 7) is 5.22. The van der Waals surface area contributed by atoms with Crippen LogP contribution in [0.5, 0.6) is 5.75 Å². The molecule has 2 rings (SSSR count). The average Bonchev–Trinajstić information content (AvgIpc) is 2.41. The van der Waals surface area contributed by atoms with Crippen LogP contribution in [0.2, 0.25) is 0 Å². The van der Waals surface area contributed by atoms with Crippen molar-refractivity contribution in [3.05, 3.63) is 39.7 Å². The van der Waals surface area contributed by atoms with Crippen LogP contribution in [0.4, 0.5) is 0 Å². The summed E-state index contributed by atoms with van der Waals surface area (Å²) in [7, 11) is 1.30. The smallest absolute Gasteiger partial charge is 0.346 e. The molecule has 1 unspecified atom stereocenters. The number of fused-ring (bicyclic) bond motifs is 1. The quantitative estimate of drug-likeness (QED) is 0.636. The molecular weight excluding hydrogens is 260 g/mol. The van der Waals surface area contributed by atoms with E-state index in [1.807, 2.05) is 6.92 Å². The van der Waals surface area contributed by atoms with E-state index in [2.05, 4.69) is 4.74 Å². The van der Waals surface area contributed by atoms with Crippen LogP contribution >= 0.6 is 0 Å². The molecule has 0 aliphatic heterocycles. The summed E-state index contributed by atoms with van der Waals surface area (Å²) in [5.74, 6) is 0.0272. The minimum absolute atomic E-state index is 0.406. The zero-order valence-electron chi connectivity index (χ0n) is 11.9. The van der Waals surface area contributed by atoms with Gasteiger partial charge in [-0.1, -0.05) is 0 Å². The number of rotatable bonds is 3. The summed E-state index contributed by atoms with van der Waals surface area (Å²) in [4.78, 5) is 22.8. The summed E-state index contributed by atoms with van der Waals surface area (Å²) in [5, 5.41) is 0.847. The normalized spacial score (nSPS) is 12.2. The van der Waals surface area contributed by atoms with Crippen LogP contribution in [0.15, 0.2) is 27.4 Å². The van der Waals surface area contributed by atoms with Crippen molar-refractivity contribution in [2.45, 2.75) is 26.9 Å². The largest absolute Gasteiger partial charge is 0.479 e. The molecule has 1 aromatic carbocycles. The summed E-state index contributed by atoms with van der Waals surface area (Å²) >= 11 is 0. The molecule has 0 spiro atoms. The lowest BCUT2D eigenvalue weighted by Gasteiger charge is -2.15.